The molecule has 0 radical (unpaired) electrons. The number of thioether (sulfide) groups is 1. The molecule has 0 saturated carbocycles. The molecule has 0 N–H and O–H groups in total. The fraction of sp³-hybridized carbons (Fsp3) is 0.278. The van der Waals surface area contributed by atoms with Crippen LogP contribution in [0.1, 0.15) is 32.4 Å². The number of benzene rings is 2. The number of hydrogen-bond donors (Lipinski definition) is 0. The lowest BCUT2D eigenvalue weighted by molar-refractivity contribution is 0.0760. The molecule has 1 atom stereocenters. The van der Waals surface area contributed by atoms with Crippen LogP contribution in [0.25, 0.3) is 0 Å². The second-order valence-corrected chi connectivity index (χ2v) is 7.70. The van der Waals surface area contributed by atoms with Crippen LogP contribution >= 0.6 is 27.7 Å². The Hall–Kier alpha value is -1.26. The van der Waals surface area contributed by atoms with Crippen LogP contribution in [0.5, 0.6) is 0 Å². The number of carbonyl (C=O) groups is 1. The summed E-state index contributed by atoms with van der Waals surface area (Å²) >= 11 is 5.29. The monoisotopic (exact) mass is 375 g/mol. The van der Waals surface area contributed by atoms with Crippen LogP contribution < -0.4 is 0 Å². The third-order valence-corrected chi connectivity index (χ3v) is 5.65. The molecular formula is C18H18BrNOS. The minimum Gasteiger partial charge on any atom is -0.322 e. The van der Waals surface area contributed by atoms with Gasteiger partial charge in [0.05, 0.1) is 0 Å². The Kier molecular flexibility index (Phi) is 4.59. The van der Waals surface area contributed by atoms with Crippen LogP contribution in [0.15, 0.2) is 46.9 Å². The summed E-state index contributed by atoms with van der Waals surface area (Å²) in [6.07, 6.45) is 0. The minimum atomic E-state index is 0.108. The zero-order chi connectivity index (χ0) is 15.7. The molecule has 0 bridgehead atoms. The zero-order valence-corrected chi connectivity index (χ0v) is 15.1. The number of carbonyl (C=O) groups excluding carboxylic acids is 1. The van der Waals surface area contributed by atoms with Gasteiger partial charge in [-0.1, -0.05) is 45.8 Å². The molecule has 0 aliphatic carbocycles. The maximum atomic E-state index is 12.9. The maximum Gasteiger partial charge on any atom is 0.255 e. The van der Waals surface area contributed by atoms with Crippen molar-refractivity contribution >= 4 is 33.6 Å². The smallest absolute Gasteiger partial charge is 0.255 e. The lowest BCUT2D eigenvalue weighted by Gasteiger charge is -2.25. The van der Waals surface area contributed by atoms with E-state index >= 15 is 0 Å². The Balaban J connectivity index is 1.91. The van der Waals surface area contributed by atoms with Gasteiger partial charge in [0.25, 0.3) is 5.91 Å². The summed E-state index contributed by atoms with van der Waals surface area (Å²) in [5.41, 5.74) is 4.50. The summed E-state index contributed by atoms with van der Waals surface area (Å²) in [5.74, 6) is 1.09. The average molecular weight is 376 g/mol. The van der Waals surface area contributed by atoms with Gasteiger partial charge in [0, 0.05) is 22.3 Å². The molecule has 1 saturated heterocycles. The van der Waals surface area contributed by atoms with Crippen molar-refractivity contribution in [1.82, 2.24) is 4.90 Å². The molecule has 3 rings (SSSR count). The summed E-state index contributed by atoms with van der Waals surface area (Å²) in [6, 6.07) is 14.1. The summed E-state index contributed by atoms with van der Waals surface area (Å²) in [6.45, 7) is 5.03. The number of amides is 1. The average Bonchev–Trinajstić information content (AvgIpc) is 2.95. The van der Waals surface area contributed by atoms with Gasteiger partial charge < -0.3 is 4.90 Å². The normalized spacial score (nSPS) is 17.8. The Morgan fingerprint density at radius 1 is 1.23 bits per heavy atom. The first-order valence-electron chi connectivity index (χ1n) is 7.31. The van der Waals surface area contributed by atoms with Crippen molar-refractivity contribution < 1.29 is 4.79 Å². The van der Waals surface area contributed by atoms with Gasteiger partial charge in [0.15, 0.2) is 0 Å². The van der Waals surface area contributed by atoms with Gasteiger partial charge in [-0.15, -0.1) is 11.8 Å². The van der Waals surface area contributed by atoms with Crippen molar-refractivity contribution in [3.8, 4) is 0 Å². The van der Waals surface area contributed by atoms with E-state index in [-0.39, 0.29) is 11.3 Å². The van der Waals surface area contributed by atoms with E-state index in [2.05, 4.69) is 48.0 Å². The van der Waals surface area contributed by atoms with Gasteiger partial charge in [0.2, 0.25) is 0 Å². The first kappa shape index (κ1) is 15.6. The minimum absolute atomic E-state index is 0.108. The van der Waals surface area contributed by atoms with Crippen molar-refractivity contribution in [2.24, 2.45) is 0 Å². The van der Waals surface area contributed by atoms with Gasteiger partial charge in [-0.05, 0) is 43.2 Å². The molecule has 22 heavy (non-hydrogen) atoms. The third kappa shape index (κ3) is 3.08. The number of nitrogens with zero attached hydrogens (tertiary/aromatic N) is 1. The quantitative estimate of drug-likeness (QED) is 0.739. The number of rotatable bonds is 2. The second-order valence-electron chi connectivity index (χ2n) is 5.59. The summed E-state index contributed by atoms with van der Waals surface area (Å²) in [7, 11) is 0. The molecule has 1 amide bonds. The molecule has 1 unspecified atom stereocenters. The first-order chi connectivity index (χ1) is 10.6. The SMILES string of the molecule is Cc1ccc(C2SCCN2C(=O)c2cccc(Br)c2)c(C)c1. The lowest BCUT2D eigenvalue weighted by atomic mass is 10.0. The highest BCUT2D eigenvalue weighted by atomic mass is 79.9. The Labute approximate surface area is 144 Å². The maximum absolute atomic E-state index is 12.9. The van der Waals surface area contributed by atoms with Crippen LogP contribution in [0.3, 0.4) is 0 Å². The van der Waals surface area contributed by atoms with Crippen LogP contribution in [0.4, 0.5) is 0 Å². The summed E-state index contributed by atoms with van der Waals surface area (Å²) in [4.78, 5) is 14.8. The van der Waals surface area contributed by atoms with Crippen LogP contribution in [0, 0.1) is 13.8 Å². The standard InChI is InChI=1S/C18H18BrNOS/c1-12-6-7-16(13(2)10-12)18-20(8-9-22-18)17(21)14-4-3-5-15(19)11-14/h3-7,10-11,18H,8-9H2,1-2H3. The molecule has 1 aliphatic heterocycles. The van der Waals surface area contributed by atoms with Crippen molar-refractivity contribution in [2.45, 2.75) is 19.2 Å². The highest BCUT2D eigenvalue weighted by Crippen LogP contribution is 2.40. The molecule has 1 heterocycles. The van der Waals surface area contributed by atoms with Gasteiger partial charge in [-0.3, -0.25) is 4.79 Å². The largest absolute Gasteiger partial charge is 0.322 e. The Morgan fingerprint density at radius 2 is 2.05 bits per heavy atom. The molecular weight excluding hydrogens is 358 g/mol. The molecule has 0 aromatic heterocycles. The van der Waals surface area contributed by atoms with Gasteiger partial charge >= 0.3 is 0 Å². The first-order valence-corrected chi connectivity index (χ1v) is 9.16. The number of hydrogen-bond acceptors (Lipinski definition) is 2. The zero-order valence-electron chi connectivity index (χ0n) is 12.7. The van der Waals surface area contributed by atoms with E-state index < -0.39 is 0 Å². The third-order valence-electron chi connectivity index (χ3n) is 3.91. The molecule has 0 spiro atoms. The highest BCUT2D eigenvalue weighted by Gasteiger charge is 2.32. The van der Waals surface area contributed by atoms with Gasteiger partial charge in [-0.2, -0.15) is 0 Å². The molecule has 2 nitrogen and oxygen atoms in total. The molecule has 4 heteroatoms. The van der Waals surface area contributed by atoms with Crippen molar-refractivity contribution in [1.29, 1.82) is 0 Å². The van der Waals surface area contributed by atoms with Crippen LogP contribution in [0.2, 0.25) is 0 Å². The Bertz CT molecular complexity index is 716. The molecule has 1 aliphatic rings. The van der Waals surface area contributed by atoms with Crippen LogP contribution in [-0.4, -0.2) is 23.1 Å². The summed E-state index contributed by atoms with van der Waals surface area (Å²) < 4.78 is 0.938. The summed E-state index contributed by atoms with van der Waals surface area (Å²) in [5, 5.41) is 0.118. The van der Waals surface area contributed by atoms with E-state index in [1.807, 2.05) is 40.9 Å². The van der Waals surface area contributed by atoms with E-state index in [0.717, 1.165) is 22.3 Å². The van der Waals surface area contributed by atoms with Crippen molar-refractivity contribution in [3.63, 3.8) is 0 Å². The van der Waals surface area contributed by atoms with Crippen molar-refractivity contribution in [2.75, 3.05) is 12.3 Å². The molecule has 114 valence electrons. The molecule has 2 aromatic rings. The van der Waals surface area contributed by atoms with Gasteiger partial charge in [0.1, 0.15) is 5.37 Å². The second kappa shape index (κ2) is 6.47. The highest BCUT2D eigenvalue weighted by molar-refractivity contribution is 9.10. The fourth-order valence-electron chi connectivity index (χ4n) is 2.83. The Morgan fingerprint density at radius 3 is 2.77 bits per heavy atom. The predicted octanol–water partition coefficient (Wildman–Crippen LogP) is 4.95. The fourth-order valence-corrected chi connectivity index (χ4v) is 4.58. The van der Waals surface area contributed by atoms with Crippen LogP contribution in [-0.2, 0) is 0 Å². The van der Waals surface area contributed by atoms with E-state index in [4.69, 9.17) is 0 Å². The van der Waals surface area contributed by atoms with Gasteiger partial charge in [-0.25, -0.2) is 0 Å². The van der Waals surface area contributed by atoms with E-state index in [9.17, 15) is 4.79 Å². The van der Waals surface area contributed by atoms with E-state index in [1.54, 1.807) is 0 Å². The lowest BCUT2D eigenvalue weighted by Crippen LogP contribution is -2.30. The predicted molar refractivity (Wildman–Crippen MR) is 96.3 cm³/mol. The molecule has 1 fully saturated rings. The number of halogens is 1. The topological polar surface area (TPSA) is 20.3 Å². The molecule has 2 aromatic carbocycles. The van der Waals surface area contributed by atoms with Crippen molar-refractivity contribution in [3.05, 3.63) is 69.2 Å². The van der Waals surface area contributed by atoms with E-state index in [0.29, 0.717) is 0 Å². The number of aryl methyl sites for hydroxylation is 2. The van der Waals surface area contributed by atoms with E-state index in [1.165, 1.54) is 16.7 Å².